The quantitative estimate of drug-likeness (QED) is 0.524. The van der Waals surface area contributed by atoms with Gasteiger partial charge in [-0.05, 0) is 37.1 Å². The standard InChI is InChI=1S/C15H17F3IN3O3/c16-15(17,18)25-12-3-1-10(2-4-12)20-14(24)21-11-5-7-22(8-6-11)13(23)9-19/h1-4,11H,5-9H2,(H2,20,21,24). The van der Waals surface area contributed by atoms with Crippen molar-refractivity contribution in [2.24, 2.45) is 0 Å². The van der Waals surface area contributed by atoms with Crippen LogP contribution in [-0.2, 0) is 4.79 Å². The third kappa shape index (κ3) is 6.59. The molecule has 1 aromatic carbocycles. The number of carbonyl (C=O) groups is 2. The number of nitrogens with one attached hydrogen (secondary N) is 2. The summed E-state index contributed by atoms with van der Waals surface area (Å²) in [6, 6.07) is 4.40. The lowest BCUT2D eigenvalue weighted by molar-refractivity contribution is -0.274. The van der Waals surface area contributed by atoms with Crippen LogP contribution >= 0.6 is 22.6 Å². The predicted octanol–water partition coefficient (Wildman–Crippen LogP) is 3.13. The summed E-state index contributed by atoms with van der Waals surface area (Å²) in [5.74, 6) is -0.268. The molecule has 3 amide bonds. The fourth-order valence-corrected chi connectivity index (χ4v) is 2.93. The van der Waals surface area contributed by atoms with E-state index in [0.29, 0.717) is 36.0 Å². The van der Waals surface area contributed by atoms with Gasteiger partial charge >= 0.3 is 12.4 Å². The van der Waals surface area contributed by atoms with Crippen LogP contribution in [-0.4, -0.2) is 46.8 Å². The van der Waals surface area contributed by atoms with Crippen molar-refractivity contribution < 1.29 is 27.5 Å². The normalized spacial score (nSPS) is 15.6. The highest BCUT2D eigenvalue weighted by molar-refractivity contribution is 14.1. The molecule has 0 radical (unpaired) electrons. The van der Waals surface area contributed by atoms with Gasteiger partial charge in [-0.1, -0.05) is 22.6 Å². The number of hydrogen-bond donors (Lipinski definition) is 2. The van der Waals surface area contributed by atoms with Crippen LogP contribution in [0.25, 0.3) is 0 Å². The molecule has 0 aromatic heterocycles. The number of ether oxygens (including phenoxy) is 1. The molecule has 0 atom stereocenters. The summed E-state index contributed by atoms with van der Waals surface area (Å²) in [4.78, 5) is 25.3. The summed E-state index contributed by atoms with van der Waals surface area (Å²) in [6.45, 7) is 1.19. The van der Waals surface area contributed by atoms with E-state index < -0.39 is 12.4 Å². The predicted molar refractivity (Wildman–Crippen MR) is 93.8 cm³/mol. The molecule has 0 unspecified atom stereocenters. The number of urea groups is 1. The van der Waals surface area contributed by atoms with Gasteiger partial charge in [-0.3, -0.25) is 4.79 Å². The van der Waals surface area contributed by atoms with Crippen LogP contribution in [0.3, 0.4) is 0 Å². The molecular formula is C15H17F3IN3O3. The fraction of sp³-hybridized carbons (Fsp3) is 0.467. The number of nitrogens with zero attached hydrogens (tertiary/aromatic N) is 1. The first kappa shape index (κ1) is 19.6. The van der Waals surface area contributed by atoms with E-state index >= 15 is 0 Å². The van der Waals surface area contributed by atoms with E-state index in [2.05, 4.69) is 15.4 Å². The van der Waals surface area contributed by atoms with E-state index in [4.69, 9.17) is 0 Å². The molecule has 10 heteroatoms. The highest BCUT2D eigenvalue weighted by Gasteiger charge is 2.31. The Morgan fingerprint density at radius 3 is 2.32 bits per heavy atom. The maximum Gasteiger partial charge on any atom is 0.573 e. The van der Waals surface area contributed by atoms with Crippen molar-refractivity contribution in [1.82, 2.24) is 10.2 Å². The zero-order valence-electron chi connectivity index (χ0n) is 13.1. The van der Waals surface area contributed by atoms with E-state index in [0.717, 1.165) is 12.1 Å². The molecule has 1 aliphatic heterocycles. The molecule has 1 fully saturated rings. The van der Waals surface area contributed by atoms with E-state index in [9.17, 15) is 22.8 Å². The minimum absolute atomic E-state index is 0.0499. The number of carbonyl (C=O) groups excluding carboxylic acids is 2. The van der Waals surface area contributed by atoms with Crippen molar-refractivity contribution in [2.75, 3.05) is 22.8 Å². The Morgan fingerprint density at radius 1 is 1.20 bits per heavy atom. The third-order valence-electron chi connectivity index (χ3n) is 3.64. The maximum atomic E-state index is 12.1. The number of amides is 3. The number of anilines is 1. The topological polar surface area (TPSA) is 70.7 Å². The van der Waals surface area contributed by atoms with Crippen LogP contribution in [0.5, 0.6) is 5.75 Å². The minimum Gasteiger partial charge on any atom is -0.406 e. The number of rotatable bonds is 4. The Kier molecular flexibility index (Phi) is 6.73. The fourth-order valence-electron chi connectivity index (χ4n) is 2.45. The molecule has 1 aliphatic rings. The SMILES string of the molecule is O=C(Nc1ccc(OC(F)(F)F)cc1)NC1CCN(C(=O)CI)CC1. The molecule has 0 bridgehead atoms. The Morgan fingerprint density at radius 2 is 1.80 bits per heavy atom. The van der Waals surface area contributed by atoms with Crippen LogP contribution in [0.1, 0.15) is 12.8 Å². The first-order chi connectivity index (χ1) is 11.8. The van der Waals surface area contributed by atoms with Gasteiger partial charge in [0.1, 0.15) is 5.75 Å². The van der Waals surface area contributed by atoms with E-state index in [-0.39, 0.29) is 17.7 Å². The zero-order chi connectivity index (χ0) is 18.4. The van der Waals surface area contributed by atoms with Crippen molar-refractivity contribution in [3.63, 3.8) is 0 Å². The maximum absolute atomic E-state index is 12.1. The number of halogens is 4. The lowest BCUT2D eigenvalue weighted by atomic mass is 10.1. The van der Waals surface area contributed by atoms with Gasteiger partial charge in [-0.2, -0.15) is 0 Å². The van der Waals surface area contributed by atoms with Gasteiger partial charge in [0.25, 0.3) is 0 Å². The minimum atomic E-state index is -4.75. The smallest absolute Gasteiger partial charge is 0.406 e. The second-order valence-electron chi connectivity index (χ2n) is 5.46. The van der Waals surface area contributed by atoms with Crippen LogP contribution in [0.2, 0.25) is 0 Å². The Balaban J connectivity index is 1.78. The van der Waals surface area contributed by atoms with Gasteiger partial charge in [0.05, 0.1) is 4.43 Å². The summed E-state index contributed by atoms with van der Waals surface area (Å²) in [5.41, 5.74) is 0.351. The van der Waals surface area contributed by atoms with Gasteiger partial charge < -0.3 is 20.3 Å². The van der Waals surface area contributed by atoms with Gasteiger partial charge in [0.15, 0.2) is 0 Å². The van der Waals surface area contributed by atoms with Crippen LogP contribution < -0.4 is 15.4 Å². The van der Waals surface area contributed by atoms with E-state index in [1.165, 1.54) is 12.1 Å². The van der Waals surface area contributed by atoms with Crippen LogP contribution in [0.4, 0.5) is 23.7 Å². The summed E-state index contributed by atoms with van der Waals surface area (Å²) in [6.07, 6.45) is -3.43. The number of piperidine rings is 1. The summed E-state index contributed by atoms with van der Waals surface area (Å²) in [7, 11) is 0. The van der Waals surface area contributed by atoms with Crippen molar-refractivity contribution in [1.29, 1.82) is 0 Å². The number of alkyl halides is 4. The molecule has 0 spiro atoms. The third-order valence-corrected chi connectivity index (χ3v) is 4.30. The number of benzene rings is 1. The van der Waals surface area contributed by atoms with E-state index in [1.807, 2.05) is 22.6 Å². The first-order valence-electron chi connectivity index (χ1n) is 7.54. The lowest BCUT2D eigenvalue weighted by Gasteiger charge is -2.32. The van der Waals surface area contributed by atoms with Crippen LogP contribution in [0, 0.1) is 0 Å². The van der Waals surface area contributed by atoms with Crippen molar-refractivity contribution >= 4 is 40.2 Å². The Bertz CT molecular complexity index is 602. The molecule has 25 heavy (non-hydrogen) atoms. The Hall–Kier alpha value is -1.72. The average Bonchev–Trinajstić information content (AvgIpc) is 2.55. The molecule has 1 aromatic rings. The van der Waals surface area contributed by atoms with Crippen molar-refractivity contribution in [3.8, 4) is 5.75 Å². The molecule has 1 heterocycles. The molecule has 6 nitrogen and oxygen atoms in total. The summed E-state index contributed by atoms with van der Waals surface area (Å²) < 4.78 is 40.5. The van der Waals surface area contributed by atoms with Gasteiger partial charge in [-0.15, -0.1) is 13.2 Å². The highest BCUT2D eigenvalue weighted by Crippen LogP contribution is 2.24. The molecular weight excluding hydrogens is 454 g/mol. The van der Waals surface area contributed by atoms with Crippen molar-refractivity contribution in [2.45, 2.75) is 25.2 Å². The summed E-state index contributed by atoms with van der Waals surface area (Å²) in [5, 5.41) is 5.35. The first-order valence-corrected chi connectivity index (χ1v) is 9.06. The summed E-state index contributed by atoms with van der Waals surface area (Å²) >= 11 is 2.02. The zero-order valence-corrected chi connectivity index (χ0v) is 15.3. The molecule has 1 saturated heterocycles. The molecule has 138 valence electrons. The molecule has 0 aliphatic carbocycles. The number of hydrogen-bond acceptors (Lipinski definition) is 3. The second-order valence-corrected chi connectivity index (χ2v) is 6.22. The molecule has 2 N–H and O–H groups in total. The highest BCUT2D eigenvalue weighted by atomic mass is 127. The average molecular weight is 471 g/mol. The monoisotopic (exact) mass is 471 g/mol. The Labute approximate surface area is 156 Å². The van der Waals surface area contributed by atoms with Gasteiger partial charge in [0, 0.05) is 24.8 Å². The number of likely N-dealkylation sites (tertiary alicyclic amines) is 1. The van der Waals surface area contributed by atoms with E-state index in [1.54, 1.807) is 4.90 Å². The van der Waals surface area contributed by atoms with Crippen molar-refractivity contribution in [3.05, 3.63) is 24.3 Å². The lowest BCUT2D eigenvalue weighted by Crippen LogP contribution is -2.47. The second kappa shape index (κ2) is 8.59. The largest absolute Gasteiger partial charge is 0.573 e. The van der Waals surface area contributed by atoms with Crippen LogP contribution in [0.15, 0.2) is 24.3 Å². The van der Waals surface area contributed by atoms with Gasteiger partial charge in [-0.25, -0.2) is 4.79 Å². The molecule has 0 saturated carbocycles. The molecule has 2 rings (SSSR count). The van der Waals surface area contributed by atoms with Gasteiger partial charge in [0.2, 0.25) is 5.91 Å².